The Morgan fingerprint density at radius 3 is 2.88 bits per heavy atom. The normalized spacial score (nSPS) is 17.8. The highest BCUT2D eigenvalue weighted by Crippen LogP contribution is 2.26. The van der Waals surface area contributed by atoms with Gasteiger partial charge in [-0.05, 0) is 30.3 Å². The molecule has 3 aromatic rings. The van der Waals surface area contributed by atoms with Crippen molar-refractivity contribution in [2.45, 2.75) is 11.3 Å². The van der Waals surface area contributed by atoms with Crippen LogP contribution in [0.15, 0.2) is 52.5 Å². The second-order valence-corrected chi connectivity index (χ2v) is 7.56. The maximum absolute atomic E-state index is 13.5. The SMILES string of the molecule is O=S1(=O)CCC(=NNc2nc3ccccc3[nH]2)c2cc(F)ccc21. The fourth-order valence-corrected chi connectivity index (χ4v) is 4.19. The Morgan fingerprint density at radius 1 is 1.21 bits per heavy atom. The average Bonchev–Trinajstić information content (AvgIpc) is 2.96. The Morgan fingerprint density at radius 2 is 2.04 bits per heavy atom. The number of fused-ring (bicyclic) bond motifs is 2. The Hall–Kier alpha value is -2.74. The quantitative estimate of drug-likeness (QED) is 0.553. The van der Waals surface area contributed by atoms with Gasteiger partial charge in [0.15, 0.2) is 9.84 Å². The molecule has 1 aliphatic heterocycles. The van der Waals surface area contributed by atoms with E-state index in [1.54, 1.807) is 0 Å². The van der Waals surface area contributed by atoms with E-state index in [1.165, 1.54) is 12.1 Å². The molecule has 0 saturated heterocycles. The molecule has 8 heteroatoms. The summed E-state index contributed by atoms with van der Waals surface area (Å²) in [6, 6.07) is 11.2. The van der Waals surface area contributed by atoms with Gasteiger partial charge in [-0.3, -0.25) is 0 Å². The van der Waals surface area contributed by atoms with Gasteiger partial charge in [0.05, 0.1) is 27.4 Å². The minimum absolute atomic E-state index is 0.0493. The van der Waals surface area contributed by atoms with Gasteiger partial charge < -0.3 is 4.98 Å². The lowest BCUT2D eigenvalue weighted by atomic mass is 10.1. The zero-order valence-electron chi connectivity index (χ0n) is 12.5. The minimum atomic E-state index is -3.39. The maximum atomic E-state index is 13.5. The second-order valence-electron chi connectivity index (χ2n) is 5.48. The van der Waals surface area contributed by atoms with Crippen molar-refractivity contribution in [3.8, 4) is 0 Å². The largest absolute Gasteiger partial charge is 0.323 e. The van der Waals surface area contributed by atoms with Crippen LogP contribution in [0, 0.1) is 5.82 Å². The Bertz CT molecular complexity index is 1040. The van der Waals surface area contributed by atoms with Gasteiger partial charge in [-0.1, -0.05) is 12.1 Å². The molecule has 0 radical (unpaired) electrons. The first-order valence-electron chi connectivity index (χ1n) is 7.33. The summed E-state index contributed by atoms with van der Waals surface area (Å²) in [6.07, 6.45) is 0.214. The van der Waals surface area contributed by atoms with Gasteiger partial charge in [-0.25, -0.2) is 23.2 Å². The van der Waals surface area contributed by atoms with E-state index >= 15 is 0 Å². The summed E-state index contributed by atoms with van der Waals surface area (Å²) in [6.45, 7) is 0. The van der Waals surface area contributed by atoms with E-state index in [-0.39, 0.29) is 17.1 Å². The Balaban J connectivity index is 1.71. The van der Waals surface area contributed by atoms with Crippen LogP contribution in [0.25, 0.3) is 11.0 Å². The number of benzene rings is 2. The summed E-state index contributed by atoms with van der Waals surface area (Å²) in [5.41, 5.74) is 5.23. The number of hydrogen-bond acceptors (Lipinski definition) is 5. The third-order valence-corrected chi connectivity index (χ3v) is 5.65. The number of hydrogen-bond donors (Lipinski definition) is 2. The number of imidazole rings is 1. The van der Waals surface area contributed by atoms with Gasteiger partial charge in [0, 0.05) is 12.0 Å². The number of nitrogens with one attached hydrogen (secondary N) is 2. The molecule has 6 nitrogen and oxygen atoms in total. The fourth-order valence-electron chi connectivity index (χ4n) is 2.72. The van der Waals surface area contributed by atoms with Crippen molar-refractivity contribution in [2.75, 3.05) is 11.2 Å². The summed E-state index contributed by atoms with van der Waals surface area (Å²) in [5, 5.41) is 4.24. The summed E-state index contributed by atoms with van der Waals surface area (Å²) in [7, 11) is -3.39. The van der Waals surface area contributed by atoms with E-state index in [9.17, 15) is 12.8 Å². The van der Waals surface area contributed by atoms with Crippen molar-refractivity contribution in [3.05, 3.63) is 53.8 Å². The topological polar surface area (TPSA) is 87.2 Å². The number of hydrazone groups is 1. The lowest BCUT2D eigenvalue weighted by Gasteiger charge is -2.18. The van der Waals surface area contributed by atoms with Crippen LogP contribution < -0.4 is 5.43 Å². The molecule has 0 aliphatic carbocycles. The molecule has 0 atom stereocenters. The van der Waals surface area contributed by atoms with E-state index in [2.05, 4.69) is 20.5 Å². The molecule has 2 N–H and O–H groups in total. The first-order valence-corrected chi connectivity index (χ1v) is 8.98. The molecule has 122 valence electrons. The van der Waals surface area contributed by atoms with E-state index < -0.39 is 15.7 Å². The minimum Gasteiger partial charge on any atom is -0.323 e. The van der Waals surface area contributed by atoms with Crippen molar-refractivity contribution in [1.29, 1.82) is 0 Å². The predicted molar refractivity (Wildman–Crippen MR) is 89.3 cm³/mol. The van der Waals surface area contributed by atoms with Gasteiger partial charge in [-0.2, -0.15) is 5.10 Å². The van der Waals surface area contributed by atoms with Crippen LogP contribution in [0.3, 0.4) is 0 Å². The van der Waals surface area contributed by atoms with E-state index in [0.29, 0.717) is 17.2 Å². The molecule has 0 unspecified atom stereocenters. The number of aromatic nitrogens is 2. The van der Waals surface area contributed by atoms with E-state index in [4.69, 9.17) is 0 Å². The number of aromatic amines is 1. The van der Waals surface area contributed by atoms with Crippen LogP contribution >= 0.6 is 0 Å². The number of nitrogens with zero attached hydrogens (tertiary/aromatic N) is 2. The zero-order valence-corrected chi connectivity index (χ0v) is 13.3. The second kappa shape index (κ2) is 5.41. The molecule has 2 aromatic carbocycles. The lowest BCUT2D eigenvalue weighted by molar-refractivity contribution is 0.593. The molecule has 0 spiro atoms. The first-order chi connectivity index (χ1) is 11.5. The van der Waals surface area contributed by atoms with Crippen LogP contribution in [0.2, 0.25) is 0 Å². The Labute approximate surface area is 137 Å². The number of anilines is 1. The molecule has 1 aromatic heterocycles. The van der Waals surface area contributed by atoms with Crippen LogP contribution in [0.4, 0.5) is 10.3 Å². The smallest absolute Gasteiger partial charge is 0.222 e. The third-order valence-electron chi connectivity index (χ3n) is 3.88. The average molecular weight is 344 g/mol. The van der Waals surface area contributed by atoms with Crippen molar-refractivity contribution >= 4 is 32.5 Å². The highest BCUT2D eigenvalue weighted by molar-refractivity contribution is 7.91. The van der Waals surface area contributed by atoms with Gasteiger partial charge >= 0.3 is 0 Å². The molecular weight excluding hydrogens is 331 g/mol. The lowest BCUT2D eigenvalue weighted by Crippen LogP contribution is -2.23. The molecule has 1 aliphatic rings. The summed E-state index contributed by atoms with van der Waals surface area (Å²) < 4.78 is 37.7. The van der Waals surface area contributed by atoms with Crippen molar-refractivity contribution in [1.82, 2.24) is 9.97 Å². The molecule has 0 bridgehead atoms. The number of sulfone groups is 1. The monoisotopic (exact) mass is 344 g/mol. The van der Waals surface area contributed by atoms with Gasteiger partial charge in [-0.15, -0.1) is 0 Å². The molecule has 0 amide bonds. The molecule has 4 rings (SSSR count). The van der Waals surface area contributed by atoms with Crippen molar-refractivity contribution < 1.29 is 12.8 Å². The number of H-pyrrole nitrogens is 1. The van der Waals surface area contributed by atoms with Gasteiger partial charge in [0.1, 0.15) is 5.82 Å². The molecule has 0 fully saturated rings. The van der Waals surface area contributed by atoms with Gasteiger partial charge in [0.25, 0.3) is 0 Å². The van der Waals surface area contributed by atoms with E-state index in [1.807, 2.05) is 24.3 Å². The highest BCUT2D eigenvalue weighted by Gasteiger charge is 2.28. The standard InChI is InChI=1S/C16H13FN4O2S/c17-10-5-6-15-11(9-10)12(7-8-24(15,22)23)20-21-16-18-13-3-1-2-4-14(13)19-16/h1-6,9H,7-8H2,(H2,18,19,21). The van der Waals surface area contributed by atoms with Crippen LogP contribution in [0.5, 0.6) is 0 Å². The number of halogens is 1. The van der Waals surface area contributed by atoms with Crippen LogP contribution in [0.1, 0.15) is 12.0 Å². The summed E-state index contributed by atoms with van der Waals surface area (Å²) in [4.78, 5) is 7.51. The number of para-hydroxylation sites is 2. The number of rotatable bonds is 2. The predicted octanol–water partition coefficient (Wildman–Crippen LogP) is 2.70. The molecule has 24 heavy (non-hydrogen) atoms. The fraction of sp³-hybridized carbons (Fsp3) is 0.125. The summed E-state index contributed by atoms with van der Waals surface area (Å²) >= 11 is 0. The zero-order chi connectivity index (χ0) is 16.7. The van der Waals surface area contributed by atoms with Gasteiger partial charge in [0.2, 0.25) is 5.95 Å². The van der Waals surface area contributed by atoms with E-state index in [0.717, 1.165) is 17.1 Å². The molecule has 0 saturated carbocycles. The van der Waals surface area contributed by atoms with Crippen molar-refractivity contribution in [3.63, 3.8) is 0 Å². The van der Waals surface area contributed by atoms with Crippen molar-refractivity contribution in [2.24, 2.45) is 5.10 Å². The van der Waals surface area contributed by atoms with Crippen LogP contribution in [-0.2, 0) is 9.84 Å². The first kappa shape index (κ1) is 14.8. The highest BCUT2D eigenvalue weighted by atomic mass is 32.2. The Kier molecular flexibility index (Phi) is 3.34. The third kappa shape index (κ3) is 2.54. The molecular formula is C16H13FN4O2S. The summed E-state index contributed by atoms with van der Waals surface area (Å²) in [5.74, 6) is -0.107. The molecule has 2 heterocycles. The van der Waals surface area contributed by atoms with Crippen LogP contribution in [-0.4, -0.2) is 29.9 Å². The maximum Gasteiger partial charge on any atom is 0.222 e.